The Balaban J connectivity index is 2.14. The number of hydrogen-bond acceptors (Lipinski definition) is 5. The molecular weight excluding hydrogens is 280 g/mol. The van der Waals surface area contributed by atoms with Crippen molar-refractivity contribution in [1.82, 2.24) is 9.29 Å². The number of primary amides is 1. The highest BCUT2D eigenvalue weighted by atomic mass is 32.2. The molecule has 0 aliphatic carbocycles. The van der Waals surface area contributed by atoms with Gasteiger partial charge in [0, 0.05) is 38.1 Å². The zero-order chi connectivity index (χ0) is 14.8. The number of sulfonamides is 1. The highest BCUT2D eigenvalue weighted by molar-refractivity contribution is 7.88. The van der Waals surface area contributed by atoms with Crippen molar-refractivity contribution in [1.29, 1.82) is 0 Å². The number of amides is 1. The second-order valence-corrected chi connectivity index (χ2v) is 6.75. The standard InChI is InChI=1S/C12H18N4O3S/c1-20(18,19)16-6-2-5-15(7-8-16)10-3-4-14-11(9-10)12(13)17/h3-4,9H,2,5-8H2,1H3,(H2,13,17). The molecule has 1 aromatic rings. The molecule has 0 saturated carbocycles. The van der Waals surface area contributed by atoms with E-state index in [1.807, 2.05) is 4.90 Å². The molecule has 0 radical (unpaired) electrons. The molecule has 8 heteroatoms. The van der Waals surface area contributed by atoms with Crippen molar-refractivity contribution in [2.24, 2.45) is 5.73 Å². The van der Waals surface area contributed by atoms with Gasteiger partial charge in [-0.3, -0.25) is 9.78 Å². The van der Waals surface area contributed by atoms with Crippen LogP contribution in [0, 0.1) is 0 Å². The average Bonchev–Trinajstić information content (AvgIpc) is 2.64. The predicted octanol–water partition coefficient (Wildman–Crippen LogP) is -0.348. The highest BCUT2D eigenvalue weighted by Gasteiger charge is 2.21. The van der Waals surface area contributed by atoms with Crippen molar-refractivity contribution in [3.63, 3.8) is 0 Å². The molecule has 20 heavy (non-hydrogen) atoms. The van der Waals surface area contributed by atoms with E-state index in [4.69, 9.17) is 5.73 Å². The summed E-state index contributed by atoms with van der Waals surface area (Å²) in [6.45, 7) is 2.26. The molecule has 1 amide bonds. The van der Waals surface area contributed by atoms with Crippen molar-refractivity contribution >= 4 is 21.6 Å². The Bertz CT molecular complexity index is 602. The Kier molecular flexibility index (Phi) is 4.24. The highest BCUT2D eigenvalue weighted by Crippen LogP contribution is 2.17. The maximum Gasteiger partial charge on any atom is 0.267 e. The lowest BCUT2D eigenvalue weighted by Crippen LogP contribution is -2.34. The van der Waals surface area contributed by atoms with Crippen molar-refractivity contribution < 1.29 is 13.2 Å². The summed E-state index contributed by atoms with van der Waals surface area (Å²) in [7, 11) is -3.16. The van der Waals surface area contributed by atoms with Crippen molar-refractivity contribution in [3.8, 4) is 0 Å². The number of pyridine rings is 1. The van der Waals surface area contributed by atoms with E-state index >= 15 is 0 Å². The minimum Gasteiger partial charge on any atom is -0.370 e. The van der Waals surface area contributed by atoms with Gasteiger partial charge in [0.2, 0.25) is 10.0 Å². The van der Waals surface area contributed by atoms with E-state index in [1.54, 1.807) is 12.1 Å². The Labute approximate surface area is 118 Å². The number of nitrogens with zero attached hydrogens (tertiary/aromatic N) is 3. The van der Waals surface area contributed by atoms with E-state index < -0.39 is 15.9 Å². The van der Waals surface area contributed by atoms with Gasteiger partial charge in [0.25, 0.3) is 5.91 Å². The third-order valence-corrected chi connectivity index (χ3v) is 4.59. The molecule has 1 saturated heterocycles. The van der Waals surface area contributed by atoms with Gasteiger partial charge in [0.1, 0.15) is 5.69 Å². The summed E-state index contributed by atoms with van der Waals surface area (Å²) < 4.78 is 24.6. The molecule has 0 unspecified atom stereocenters. The Morgan fingerprint density at radius 2 is 2.05 bits per heavy atom. The number of carbonyl (C=O) groups is 1. The second-order valence-electron chi connectivity index (χ2n) is 4.77. The zero-order valence-electron chi connectivity index (χ0n) is 11.3. The Hall–Kier alpha value is -1.67. The molecule has 1 aliphatic heterocycles. The minimum atomic E-state index is -3.16. The largest absolute Gasteiger partial charge is 0.370 e. The van der Waals surface area contributed by atoms with Crippen LogP contribution in [0.3, 0.4) is 0 Å². The number of carbonyl (C=O) groups excluding carboxylic acids is 1. The zero-order valence-corrected chi connectivity index (χ0v) is 12.1. The van der Waals surface area contributed by atoms with Crippen LogP contribution in [0.15, 0.2) is 18.3 Å². The normalized spacial score (nSPS) is 17.8. The summed E-state index contributed by atoms with van der Waals surface area (Å²) in [5.74, 6) is -0.570. The lowest BCUT2D eigenvalue weighted by atomic mass is 10.2. The first-order chi connectivity index (χ1) is 9.38. The van der Waals surface area contributed by atoms with Crippen molar-refractivity contribution in [2.45, 2.75) is 6.42 Å². The first-order valence-corrected chi connectivity index (χ1v) is 8.18. The van der Waals surface area contributed by atoms with Crippen molar-refractivity contribution in [2.75, 3.05) is 37.3 Å². The molecule has 1 aliphatic rings. The van der Waals surface area contributed by atoms with Gasteiger partial charge in [-0.05, 0) is 18.6 Å². The Morgan fingerprint density at radius 3 is 2.70 bits per heavy atom. The van der Waals surface area contributed by atoms with Crippen molar-refractivity contribution in [3.05, 3.63) is 24.0 Å². The number of hydrogen-bond donors (Lipinski definition) is 1. The summed E-state index contributed by atoms with van der Waals surface area (Å²) in [6.07, 6.45) is 3.50. The lowest BCUT2D eigenvalue weighted by Gasteiger charge is -2.23. The predicted molar refractivity (Wildman–Crippen MR) is 76.0 cm³/mol. The first kappa shape index (κ1) is 14.7. The molecule has 1 aromatic heterocycles. The Morgan fingerprint density at radius 1 is 1.30 bits per heavy atom. The molecule has 0 bridgehead atoms. The van der Waals surface area contributed by atoms with Crippen LogP contribution in [0.5, 0.6) is 0 Å². The smallest absolute Gasteiger partial charge is 0.267 e. The third-order valence-electron chi connectivity index (χ3n) is 3.29. The minimum absolute atomic E-state index is 0.215. The molecule has 1 fully saturated rings. The van der Waals surface area contributed by atoms with E-state index in [2.05, 4.69) is 4.98 Å². The fraction of sp³-hybridized carbons (Fsp3) is 0.500. The summed E-state index contributed by atoms with van der Waals surface area (Å²) in [5, 5.41) is 0. The van der Waals surface area contributed by atoms with Crippen LogP contribution in [-0.2, 0) is 10.0 Å². The first-order valence-electron chi connectivity index (χ1n) is 6.34. The summed E-state index contributed by atoms with van der Waals surface area (Å²) in [6, 6.07) is 3.43. The van der Waals surface area contributed by atoms with E-state index in [-0.39, 0.29) is 5.69 Å². The topological polar surface area (TPSA) is 96.6 Å². The summed E-state index contributed by atoms with van der Waals surface area (Å²) >= 11 is 0. The summed E-state index contributed by atoms with van der Waals surface area (Å²) in [4.78, 5) is 17.1. The monoisotopic (exact) mass is 298 g/mol. The number of anilines is 1. The maximum absolute atomic E-state index is 11.6. The van der Waals surface area contributed by atoms with Gasteiger partial charge in [0.05, 0.1) is 6.26 Å². The van der Waals surface area contributed by atoms with Crippen LogP contribution in [0.4, 0.5) is 5.69 Å². The van der Waals surface area contributed by atoms with Gasteiger partial charge < -0.3 is 10.6 Å². The average molecular weight is 298 g/mol. The number of rotatable bonds is 3. The van der Waals surface area contributed by atoms with Gasteiger partial charge in [-0.25, -0.2) is 12.7 Å². The van der Waals surface area contributed by atoms with E-state index in [0.29, 0.717) is 19.6 Å². The SMILES string of the molecule is CS(=O)(=O)N1CCCN(c2ccnc(C(N)=O)c2)CC1. The van der Waals surface area contributed by atoms with Gasteiger partial charge >= 0.3 is 0 Å². The maximum atomic E-state index is 11.6. The lowest BCUT2D eigenvalue weighted by molar-refractivity contribution is 0.0995. The quantitative estimate of drug-likeness (QED) is 0.823. The number of nitrogens with two attached hydrogens (primary N) is 1. The van der Waals surface area contributed by atoms with E-state index in [1.165, 1.54) is 16.8 Å². The van der Waals surface area contributed by atoms with Crippen LogP contribution in [-0.4, -0.2) is 56.0 Å². The van der Waals surface area contributed by atoms with Crippen LogP contribution >= 0.6 is 0 Å². The van der Waals surface area contributed by atoms with Gasteiger partial charge in [0.15, 0.2) is 0 Å². The third kappa shape index (κ3) is 3.45. The van der Waals surface area contributed by atoms with Gasteiger partial charge in [-0.2, -0.15) is 0 Å². The molecule has 7 nitrogen and oxygen atoms in total. The molecule has 0 atom stereocenters. The molecule has 0 spiro atoms. The van der Waals surface area contributed by atoms with Gasteiger partial charge in [-0.1, -0.05) is 0 Å². The van der Waals surface area contributed by atoms with Crippen LogP contribution in [0.1, 0.15) is 16.9 Å². The second kappa shape index (κ2) is 5.76. The molecule has 2 rings (SSSR count). The van der Waals surface area contributed by atoms with Crippen LogP contribution < -0.4 is 10.6 Å². The van der Waals surface area contributed by atoms with Gasteiger partial charge in [-0.15, -0.1) is 0 Å². The molecular formula is C12H18N4O3S. The molecule has 0 aromatic carbocycles. The molecule has 110 valence electrons. The fourth-order valence-corrected chi connectivity index (χ4v) is 3.11. The number of aromatic nitrogens is 1. The van der Waals surface area contributed by atoms with E-state index in [0.717, 1.165) is 18.7 Å². The molecule has 2 N–H and O–H groups in total. The van der Waals surface area contributed by atoms with Crippen LogP contribution in [0.25, 0.3) is 0 Å². The summed E-state index contributed by atoms with van der Waals surface area (Å²) in [5.41, 5.74) is 6.27. The van der Waals surface area contributed by atoms with Crippen LogP contribution in [0.2, 0.25) is 0 Å². The van der Waals surface area contributed by atoms with E-state index in [9.17, 15) is 13.2 Å². The molecule has 2 heterocycles. The fourth-order valence-electron chi connectivity index (χ4n) is 2.23.